The Kier molecular flexibility index (Phi) is 8.27. The molecule has 0 bridgehead atoms. The van der Waals surface area contributed by atoms with Crippen molar-refractivity contribution in [1.82, 2.24) is 0 Å². The van der Waals surface area contributed by atoms with Crippen LogP contribution in [0.1, 0.15) is 24.2 Å². The number of aromatic hydroxyl groups is 8. The van der Waals surface area contributed by atoms with Crippen LogP contribution in [0.4, 0.5) is 0 Å². The van der Waals surface area contributed by atoms with Gasteiger partial charge in [-0.3, -0.25) is 9.59 Å². The maximum absolute atomic E-state index is 13.8. The van der Waals surface area contributed by atoms with Gasteiger partial charge in [-0.15, -0.1) is 0 Å². The van der Waals surface area contributed by atoms with Crippen molar-refractivity contribution in [3.8, 4) is 63.1 Å². The van der Waals surface area contributed by atoms with E-state index >= 15 is 0 Å². The molecule has 5 rings (SSSR count). The Morgan fingerprint density at radius 1 is 0.766 bits per heavy atom. The lowest BCUT2D eigenvalue weighted by Gasteiger charge is -2.42. The molecule has 17 heteroatoms. The van der Waals surface area contributed by atoms with Crippen molar-refractivity contribution in [3.63, 3.8) is 0 Å². The molecule has 5 unspecified atom stereocenters. The minimum atomic E-state index is -1.96. The first-order valence-electron chi connectivity index (χ1n) is 13.5. The minimum Gasteiger partial charge on any atom is -0.508 e. The van der Waals surface area contributed by atoms with Gasteiger partial charge in [0.1, 0.15) is 28.6 Å². The van der Waals surface area contributed by atoms with Crippen LogP contribution in [-0.2, 0) is 19.0 Å². The fraction of sp³-hybridized carbons (Fsp3) is 0.233. The first-order chi connectivity index (χ1) is 22.1. The molecule has 1 fully saturated rings. The Bertz CT molecular complexity index is 1920. The van der Waals surface area contributed by atoms with Gasteiger partial charge in [0.05, 0.1) is 11.7 Å². The molecule has 5 atom stereocenters. The number of hydrogen-bond donors (Lipinski definition) is 9. The van der Waals surface area contributed by atoms with Crippen LogP contribution in [0.3, 0.4) is 0 Å². The summed E-state index contributed by atoms with van der Waals surface area (Å²) in [4.78, 5) is 38.7. The molecule has 1 aromatic heterocycles. The van der Waals surface area contributed by atoms with Crippen LogP contribution in [0.5, 0.6) is 51.7 Å². The van der Waals surface area contributed by atoms with Crippen molar-refractivity contribution in [2.45, 2.75) is 44.6 Å². The van der Waals surface area contributed by atoms with E-state index in [-0.39, 0.29) is 5.56 Å². The van der Waals surface area contributed by atoms with Gasteiger partial charge in [-0.05, 0) is 31.2 Å². The van der Waals surface area contributed by atoms with E-state index in [1.54, 1.807) is 0 Å². The van der Waals surface area contributed by atoms with E-state index in [9.17, 15) is 60.3 Å². The highest BCUT2D eigenvalue weighted by Crippen LogP contribution is 2.43. The van der Waals surface area contributed by atoms with Crippen LogP contribution >= 0.6 is 0 Å². The third kappa shape index (κ3) is 5.99. The molecule has 1 saturated heterocycles. The summed E-state index contributed by atoms with van der Waals surface area (Å²) in [6, 6.07) is 4.98. The van der Waals surface area contributed by atoms with E-state index in [4.69, 9.17) is 23.4 Å². The number of aliphatic hydroxyl groups excluding tert-OH is 1. The van der Waals surface area contributed by atoms with Gasteiger partial charge in [-0.2, -0.15) is 0 Å². The summed E-state index contributed by atoms with van der Waals surface area (Å²) in [7, 11) is 0. The average Bonchev–Trinajstić information content (AvgIpc) is 2.98. The smallest absolute Gasteiger partial charge is 0.339 e. The number of benzene rings is 3. The number of fused-ring (bicyclic) bond motifs is 1. The molecule has 47 heavy (non-hydrogen) atoms. The normalized spacial score (nSPS) is 20.9. The summed E-state index contributed by atoms with van der Waals surface area (Å²) >= 11 is 0. The lowest BCUT2D eigenvalue weighted by molar-refractivity contribution is -0.271. The van der Waals surface area contributed by atoms with E-state index < -0.39 is 122 Å². The second-order valence-corrected chi connectivity index (χ2v) is 10.4. The lowest BCUT2D eigenvalue weighted by atomic mass is 9.99. The topological polar surface area (TPSA) is 283 Å². The zero-order valence-corrected chi connectivity index (χ0v) is 24.1. The number of rotatable bonds is 6. The van der Waals surface area contributed by atoms with E-state index in [2.05, 4.69) is 0 Å². The Morgan fingerprint density at radius 2 is 1.34 bits per heavy atom. The monoisotopic (exact) mass is 658 g/mol. The lowest BCUT2D eigenvalue weighted by Crippen LogP contribution is -2.61. The molecule has 1 aliphatic rings. The average molecular weight is 659 g/mol. The maximum Gasteiger partial charge on any atom is 0.339 e. The summed E-state index contributed by atoms with van der Waals surface area (Å²) in [5, 5.41) is 90.6. The van der Waals surface area contributed by atoms with Gasteiger partial charge in [0.15, 0.2) is 52.5 Å². The summed E-state index contributed by atoms with van der Waals surface area (Å²) < 4.78 is 27.9. The van der Waals surface area contributed by atoms with Crippen molar-refractivity contribution < 1.29 is 78.9 Å². The van der Waals surface area contributed by atoms with Crippen molar-refractivity contribution in [2.75, 3.05) is 0 Å². The van der Waals surface area contributed by atoms with Crippen molar-refractivity contribution in [3.05, 3.63) is 52.2 Å². The van der Waals surface area contributed by atoms with E-state index in [0.717, 1.165) is 43.3 Å². The molecule has 9 N–H and O–H groups in total. The van der Waals surface area contributed by atoms with Gasteiger partial charge in [0.25, 0.3) is 0 Å². The second-order valence-electron chi connectivity index (χ2n) is 10.4. The molecule has 1 aliphatic heterocycles. The van der Waals surface area contributed by atoms with Crippen LogP contribution in [0.2, 0.25) is 0 Å². The molecule has 4 aromatic rings. The fourth-order valence-electron chi connectivity index (χ4n) is 4.90. The van der Waals surface area contributed by atoms with Crippen LogP contribution in [-0.4, -0.2) is 88.6 Å². The summed E-state index contributed by atoms with van der Waals surface area (Å²) in [6.07, 6.45) is -8.50. The molecule has 0 aliphatic carbocycles. The van der Waals surface area contributed by atoms with Gasteiger partial charge in [0.2, 0.25) is 17.5 Å². The third-order valence-corrected chi connectivity index (χ3v) is 7.09. The van der Waals surface area contributed by atoms with Crippen molar-refractivity contribution in [2.24, 2.45) is 0 Å². The van der Waals surface area contributed by atoms with E-state index in [1.807, 2.05) is 0 Å². The first kappa shape index (κ1) is 32.3. The molecule has 0 amide bonds. The highest BCUT2D eigenvalue weighted by atomic mass is 16.7. The first-order valence-corrected chi connectivity index (χ1v) is 13.5. The fourth-order valence-corrected chi connectivity index (χ4v) is 4.90. The van der Waals surface area contributed by atoms with Crippen LogP contribution < -0.4 is 10.2 Å². The summed E-state index contributed by atoms with van der Waals surface area (Å²) in [5.41, 5.74) is -2.35. The molecule has 0 radical (unpaired) electrons. The highest BCUT2D eigenvalue weighted by molar-refractivity contribution is 5.91. The molecule has 0 spiro atoms. The highest BCUT2D eigenvalue weighted by Gasteiger charge is 2.49. The van der Waals surface area contributed by atoms with E-state index in [0.29, 0.717) is 0 Å². The van der Waals surface area contributed by atoms with Gasteiger partial charge in [-0.1, -0.05) is 0 Å². The largest absolute Gasteiger partial charge is 0.508 e. The van der Waals surface area contributed by atoms with E-state index in [1.165, 1.54) is 6.92 Å². The molecule has 17 nitrogen and oxygen atoms in total. The Balaban J connectivity index is 1.66. The maximum atomic E-state index is 13.8. The molecule has 248 valence electrons. The predicted octanol–water partition coefficient (Wildman–Crippen LogP) is 1.75. The second kappa shape index (κ2) is 12.0. The Labute approximate surface area is 261 Å². The number of ether oxygens (including phenoxy) is 4. The Morgan fingerprint density at radius 3 is 1.91 bits per heavy atom. The molecule has 2 heterocycles. The SMILES string of the molecule is CC(=O)OC1C(C)OC(Oc2c(-c3cc(O)c(O)c(O)c3)oc3cc(O)cc(O)c3c2=O)C(OC(=O)c2cc(O)c(O)c(O)c2)C1O. The number of carbonyl (C=O) groups excluding carboxylic acids is 2. The number of hydrogen-bond acceptors (Lipinski definition) is 17. The van der Waals surface area contributed by atoms with Gasteiger partial charge >= 0.3 is 11.9 Å². The van der Waals surface area contributed by atoms with Crippen molar-refractivity contribution >= 4 is 22.9 Å². The number of phenolic OH excluding ortho intramolecular Hbond substituents is 8. The van der Waals surface area contributed by atoms with Gasteiger partial charge in [0, 0.05) is 24.6 Å². The summed E-state index contributed by atoms with van der Waals surface area (Å²) in [6.45, 7) is 2.38. The number of aliphatic hydroxyl groups is 1. The van der Waals surface area contributed by atoms with Gasteiger partial charge in [-0.25, -0.2) is 4.79 Å². The third-order valence-electron chi connectivity index (χ3n) is 7.09. The number of esters is 2. The molecule has 0 saturated carbocycles. The molecule has 3 aromatic carbocycles. The van der Waals surface area contributed by atoms with Crippen LogP contribution in [0.15, 0.2) is 45.6 Å². The number of phenols is 8. The molecular weight excluding hydrogens is 632 g/mol. The number of carbonyl (C=O) groups is 2. The van der Waals surface area contributed by atoms with Crippen molar-refractivity contribution in [1.29, 1.82) is 0 Å². The van der Waals surface area contributed by atoms with Gasteiger partial charge < -0.3 is 69.3 Å². The predicted molar refractivity (Wildman–Crippen MR) is 153 cm³/mol. The molecular formula is C30H26O17. The van der Waals surface area contributed by atoms with Crippen LogP contribution in [0, 0.1) is 0 Å². The standard InChI is InChI=1S/C30H26O17/c1-9-25(44-10(2)31)24(41)28(46-29(42)12-5-17(36)22(39)18(37)6-12)30(43-9)47-27-23(40)20-14(33)7-13(32)8-19(20)45-26(27)11-3-15(34)21(38)16(35)4-11/h3-9,24-25,28,30,32-39,41H,1-2H3. The zero-order chi connectivity index (χ0) is 34.5. The van der Waals surface area contributed by atoms with Crippen LogP contribution in [0.25, 0.3) is 22.3 Å². The quantitative estimate of drug-likeness (QED) is 0.105. The zero-order valence-electron chi connectivity index (χ0n) is 24.1. The minimum absolute atomic E-state index is 0.291. The summed E-state index contributed by atoms with van der Waals surface area (Å²) in [5.74, 6) is -10.2. The Hall–Kier alpha value is -6.07.